The number of anilines is 2. The Morgan fingerprint density at radius 2 is 1.79 bits per heavy atom. The number of methoxy groups -OCH3 is 1. The van der Waals surface area contributed by atoms with E-state index in [1.54, 1.807) is 65.5 Å². The van der Waals surface area contributed by atoms with E-state index in [9.17, 15) is 29.1 Å². The largest absolute Gasteiger partial charge is 0.500 e. The molecule has 5 N–H and O–H groups in total. The molecular weight excluding hydrogens is 781 g/mol. The van der Waals surface area contributed by atoms with Crippen molar-refractivity contribution in [3.63, 3.8) is 0 Å². The topological polar surface area (TPSA) is 210 Å². The van der Waals surface area contributed by atoms with Crippen LogP contribution in [0.3, 0.4) is 0 Å². The number of nitrogens with two attached hydrogens (primary N) is 1. The standard InChI is InChI=1S/C45H58N8O8/c1-4-32-41(58)51(2)33-24-47-38(49-39(33)53(32)29-8-5-6-9-29)37-34(60-3)10-7-17-45(37,46)42(59)50-44(20-23-54)26-43(27-44)18-21-52(22-19-43)36(56)25-61-30-13-11-28(12-14-30)31-15-16-35(55)48-40(31)57/h7,10-14,17,24,29,31-32,37,54H,4-6,8-9,15-16,18-23,25-27,46H2,1-3H3,(H,50,59)(H,48,55,57). The van der Waals surface area contributed by atoms with Gasteiger partial charge in [-0.1, -0.05) is 44.1 Å². The van der Waals surface area contributed by atoms with Gasteiger partial charge in [0.1, 0.15) is 40.5 Å². The summed E-state index contributed by atoms with van der Waals surface area (Å²) in [5.74, 6) is -0.440. The molecule has 4 unspecified atom stereocenters. The molecule has 6 aliphatic rings. The number of hydrogen-bond donors (Lipinski definition) is 4. The van der Waals surface area contributed by atoms with Gasteiger partial charge in [0.15, 0.2) is 12.4 Å². The quantitative estimate of drug-likeness (QED) is 0.228. The molecule has 1 aromatic carbocycles. The second kappa shape index (κ2) is 16.8. The fourth-order valence-electron chi connectivity index (χ4n) is 10.9. The van der Waals surface area contributed by atoms with Crippen molar-refractivity contribution in [2.45, 2.75) is 119 Å². The summed E-state index contributed by atoms with van der Waals surface area (Å²) >= 11 is 0. The maximum Gasteiger partial charge on any atom is 0.260 e. The zero-order valence-electron chi connectivity index (χ0n) is 35.4. The van der Waals surface area contributed by atoms with E-state index >= 15 is 0 Å². The zero-order valence-corrected chi connectivity index (χ0v) is 35.4. The molecule has 2 saturated heterocycles. The number of aliphatic hydroxyl groups is 1. The molecule has 5 amide bonds. The van der Waals surface area contributed by atoms with Crippen LogP contribution >= 0.6 is 0 Å². The van der Waals surface area contributed by atoms with Crippen LogP contribution in [0.5, 0.6) is 5.75 Å². The van der Waals surface area contributed by atoms with Gasteiger partial charge in [-0.2, -0.15) is 0 Å². The van der Waals surface area contributed by atoms with E-state index in [1.165, 1.54) is 7.11 Å². The molecule has 4 fully saturated rings. The van der Waals surface area contributed by atoms with Crippen molar-refractivity contribution in [3.8, 4) is 5.75 Å². The van der Waals surface area contributed by atoms with Crippen LogP contribution in [0.4, 0.5) is 11.5 Å². The summed E-state index contributed by atoms with van der Waals surface area (Å²) in [4.78, 5) is 80.7. The molecule has 2 saturated carbocycles. The third-order valence-corrected chi connectivity index (χ3v) is 14.2. The summed E-state index contributed by atoms with van der Waals surface area (Å²) in [6, 6.07) is 6.85. The van der Waals surface area contributed by atoms with Gasteiger partial charge >= 0.3 is 0 Å². The molecule has 3 aliphatic carbocycles. The Kier molecular flexibility index (Phi) is 11.7. The molecule has 16 heteroatoms. The number of aliphatic hydroxyl groups excluding tert-OH is 1. The number of aromatic nitrogens is 2. The van der Waals surface area contributed by atoms with E-state index in [-0.39, 0.29) is 54.3 Å². The van der Waals surface area contributed by atoms with Crippen molar-refractivity contribution in [1.82, 2.24) is 25.5 Å². The predicted molar refractivity (Wildman–Crippen MR) is 225 cm³/mol. The van der Waals surface area contributed by atoms with E-state index in [0.29, 0.717) is 80.5 Å². The number of allylic oxidation sites excluding steroid dienone is 2. The summed E-state index contributed by atoms with van der Waals surface area (Å²) in [7, 11) is 3.29. The Labute approximate surface area is 356 Å². The first-order chi connectivity index (χ1) is 29.3. The molecule has 0 bridgehead atoms. The highest BCUT2D eigenvalue weighted by Crippen LogP contribution is 2.56. The van der Waals surface area contributed by atoms with Gasteiger partial charge in [0, 0.05) is 44.7 Å². The van der Waals surface area contributed by atoms with Crippen LogP contribution in [0.15, 0.2) is 54.4 Å². The number of fused-ring (bicyclic) bond motifs is 1. The van der Waals surface area contributed by atoms with Crippen LogP contribution in [0, 0.1) is 5.41 Å². The number of carbonyl (C=O) groups is 5. The van der Waals surface area contributed by atoms with E-state index < -0.39 is 28.8 Å². The number of imide groups is 1. The number of benzene rings is 1. The Bertz CT molecular complexity index is 2100. The molecule has 61 heavy (non-hydrogen) atoms. The van der Waals surface area contributed by atoms with Crippen molar-refractivity contribution in [3.05, 3.63) is 65.8 Å². The molecule has 2 aromatic rings. The smallest absolute Gasteiger partial charge is 0.260 e. The second-order valence-electron chi connectivity index (χ2n) is 17.9. The molecule has 1 spiro atoms. The number of rotatable bonds is 12. The predicted octanol–water partition coefficient (Wildman–Crippen LogP) is 3.10. The highest BCUT2D eigenvalue weighted by Gasteiger charge is 2.58. The lowest BCUT2D eigenvalue weighted by Gasteiger charge is -2.60. The maximum absolute atomic E-state index is 14.7. The van der Waals surface area contributed by atoms with E-state index in [1.807, 2.05) is 6.92 Å². The number of likely N-dealkylation sites (N-methyl/N-ethyl adjacent to an activating group) is 1. The highest BCUT2D eigenvalue weighted by molar-refractivity contribution is 6.04. The van der Waals surface area contributed by atoms with Crippen LogP contribution in [-0.4, -0.2) is 113 Å². The summed E-state index contributed by atoms with van der Waals surface area (Å²) < 4.78 is 11.7. The molecule has 0 radical (unpaired) electrons. The first-order valence-electron chi connectivity index (χ1n) is 21.8. The fourth-order valence-corrected chi connectivity index (χ4v) is 10.9. The van der Waals surface area contributed by atoms with Crippen molar-refractivity contribution in [2.24, 2.45) is 11.1 Å². The minimum absolute atomic E-state index is 0.00957. The number of hydrogen-bond acceptors (Lipinski definition) is 12. The minimum Gasteiger partial charge on any atom is -0.500 e. The summed E-state index contributed by atoms with van der Waals surface area (Å²) in [6.07, 6.45) is 15.4. The van der Waals surface area contributed by atoms with Gasteiger partial charge in [0.05, 0.1) is 19.2 Å². The SMILES string of the molecule is CCC1C(=O)N(C)c2cnc(C3C(OC)=CC=CC3(N)C(=O)NC3(CCO)CC4(CCN(C(=O)COc5ccc(C6CCC(=O)NC6=O)cc5)CC4)C3)nc2N1C1CCCC1. The maximum atomic E-state index is 14.7. The lowest BCUT2D eigenvalue weighted by Crippen LogP contribution is -2.69. The Hall–Kier alpha value is -5.35. The zero-order chi connectivity index (χ0) is 43.1. The lowest BCUT2D eigenvalue weighted by molar-refractivity contribution is -0.141. The van der Waals surface area contributed by atoms with Gasteiger partial charge in [-0.15, -0.1) is 0 Å². The van der Waals surface area contributed by atoms with Gasteiger partial charge < -0.3 is 40.3 Å². The van der Waals surface area contributed by atoms with Gasteiger partial charge in [0.2, 0.25) is 23.6 Å². The lowest BCUT2D eigenvalue weighted by atomic mass is 9.52. The van der Waals surface area contributed by atoms with E-state index in [2.05, 4.69) is 15.5 Å². The Balaban J connectivity index is 0.923. The van der Waals surface area contributed by atoms with Crippen molar-refractivity contribution in [1.29, 1.82) is 0 Å². The number of piperidine rings is 2. The van der Waals surface area contributed by atoms with Gasteiger partial charge in [-0.05, 0) is 87.0 Å². The van der Waals surface area contributed by atoms with Gasteiger partial charge in [-0.25, -0.2) is 9.97 Å². The summed E-state index contributed by atoms with van der Waals surface area (Å²) in [6.45, 7) is 2.85. The average Bonchev–Trinajstić information content (AvgIpc) is 3.78. The number of nitrogens with zero attached hydrogens (tertiary/aromatic N) is 5. The number of carbonyl (C=O) groups excluding carboxylic acids is 5. The molecule has 16 nitrogen and oxygen atoms in total. The van der Waals surface area contributed by atoms with Crippen LogP contribution in [-0.2, 0) is 28.7 Å². The second-order valence-corrected chi connectivity index (χ2v) is 17.9. The number of nitrogens with one attached hydrogen (secondary N) is 2. The summed E-state index contributed by atoms with van der Waals surface area (Å²) in [5.41, 5.74) is 6.14. The Morgan fingerprint density at radius 3 is 2.44 bits per heavy atom. The van der Waals surface area contributed by atoms with Gasteiger partial charge in [0.25, 0.3) is 5.91 Å². The molecule has 4 heterocycles. The fraction of sp³-hybridized carbons (Fsp3) is 0.578. The van der Waals surface area contributed by atoms with Crippen LogP contribution < -0.4 is 30.9 Å². The van der Waals surface area contributed by atoms with Crippen LogP contribution in [0.25, 0.3) is 0 Å². The van der Waals surface area contributed by atoms with Crippen molar-refractivity contribution >= 4 is 41.0 Å². The molecule has 3 aliphatic heterocycles. The summed E-state index contributed by atoms with van der Waals surface area (Å²) in [5, 5.41) is 15.9. The monoisotopic (exact) mass is 838 g/mol. The van der Waals surface area contributed by atoms with Crippen LogP contribution in [0.2, 0.25) is 0 Å². The molecular formula is C45H58N8O8. The first kappa shape index (κ1) is 42.3. The molecule has 326 valence electrons. The third kappa shape index (κ3) is 7.88. The molecule has 4 atom stereocenters. The third-order valence-electron chi connectivity index (χ3n) is 14.2. The van der Waals surface area contributed by atoms with Gasteiger partial charge in [-0.3, -0.25) is 29.3 Å². The Morgan fingerprint density at radius 1 is 1.07 bits per heavy atom. The van der Waals surface area contributed by atoms with E-state index in [4.69, 9.17) is 25.2 Å². The average molecular weight is 839 g/mol. The van der Waals surface area contributed by atoms with E-state index in [0.717, 1.165) is 44.1 Å². The molecule has 1 aromatic heterocycles. The normalized spacial score (nSPS) is 27.0. The first-order valence-corrected chi connectivity index (χ1v) is 21.8. The number of likely N-dealkylation sites (tertiary alicyclic amines) is 1. The minimum atomic E-state index is -1.64. The highest BCUT2D eigenvalue weighted by atomic mass is 16.5. The van der Waals surface area contributed by atoms with Crippen LogP contribution in [0.1, 0.15) is 107 Å². The molecule has 8 rings (SSSR count). The van der Waals surface area contributed by atoms with Crippen molar-refractivity contribution < 1.29 is 38.6 Å². The number of ether oxygens (including phenoxy) is 2. The number of amides is 5. The van der Waals surface area contributed by atoms with Crippen molar-refractivity contribution in [2.75, 3.05) is 50.3 Å².